The van der Waals surface area contributed by atoms with Crippen molar-refractivity contribution in [2.45, 2.75) is 13.5 Å². The zero-order valence-electron chi connectivity index (χ0n) is 14.6. The quantitative estimate of drug-likeness (QED) is 0.760. The summed E-state index contributed by atoms with van der Waals surface area (Å²) in [4.78, 5) is 12.9. The van der Waals surface area contributed by atoms with Crippen LogP contribution in [0.4, 0.5) is 5.82 Å². The van der Waals surface area contributed by atoms with E-state index in [1.54, 1.807) is 30.6 Å². The number of aryl methyl sites for hydroxylation is 1. The first kappa shape index (κ1) is 16.7. The summed E-state index contributed by atoms with van der Waals surface area (Å²) in [6.07, 6.45) is 1.49. The average molecular weight is 369 g/mol. The molecule has 3 aromatic rings. The van der Waals surface area contributed by atoms with Gasteiger partial charge < -0.3 is 19.5 Å². The molecule has 1 aromatic carbocycles. The normalized spacial score (nSPS) is 13.7. The Hall–Kier alpha value is -2.80. The minimum absolute atomic E-state index is 0.172. The highest BCUT2D eigenvalue weighted by Gasteiger charge is 2.21. The van der Waals surface area contributed by atoms with Gasteiger partial charge in [-0.1, -0.05) is 0 Å². The van der Waals surface area contributed by atoms with Crippen LogP contribution in [0.15, 0.2) is 36.7 Å². The molecule has 3 heterocycles. The molecule has 2 aromatic heterocycles. The van der Waals surface area contributed by atoms with Gasteiger partial charge in [-0.25, -0.2) is 9.97 Å². The van der Waals surface area contributed by atoms with Gasteiger partial charge in [0.15, 0.2) is 11.5 Å². The molecule has 26 heavy (non-hydrogen) atoms. The number of phenolic OH excluding ortho intramolecular Hbond substituents is 1. The van der Waals surface area contributed by atoms with Crippen molar-refractivity contribution < 1.29 is 14.6 Å². The van der Waals surface area contributed by atoms with Gasteiger partial charge in [0.25, 0.3) is 0 Å². The van der Waals surface area contributed by atoms with Gasteiger partial charge in [0.1, 0.15) is 18.8 Å². The van der Waals surface area contributed by atoms with Gasteiger partial charge in [-0.2, -0.15) is 0 Å². The third-order valence-corrected chi connectivity index (χ3v) is 5.35. The second kappa shape index (κ2) is 6.84. The molecule has 0 radical (unpaired) electrons. The fourth-order valence-corrected chi connectivity index (χ4v) is 3.90. The number of ether oxygens (including phenoxy) is 2. The molecule has 6 nitrogen and oxygen atoms in total. The van der Waals surface area contributed by atoms with Crippen molar-refractivity contribution in [3.8, 4) is 27.8 Å². The highest BCUT2D eigenvalue weighted by molar-refractivity contribution is 7.15. The van der Waals surface area contributed by atoms with E-state index in [9.17, 15) is 5.11 Å². The summed E-state index contributed by atoms with van der Waals surface area (Å²) in [5.41, 5.74) is 1.92. The topological polar surface area (TPSA) is 67.7 Å². The Bertz CT molecular complexity index is 942. The first-order chi connectivity index (χ1) is 12.6. The van der Waals surface area contributed by atoms with Crippen molar-refractivity contribution in [3.05, 3.63) is 47.1 Å². The number of thiophene rings is 1. The Kier molecular flexibility index (Phi) is 4.38. The van der Waals surface area contributed by atoms with Crippen LogP contribution in [0.3, 0.4) is 0 Å². The zero-order chi connectivity index (χ0) is 18.1. The minimum atomic E-state index is 0.172. The van der Waals surface area contributed by atoms with Gasteiger partial charge in [-0.15, -0.1) is 11.3 Å². The Morgan fingerprint density at radius 2 is 2.12 bits per heavy atom. The fraction of sp³-hybridized carbons (Fsp3) is 0.263. The Morgan fingerprint density at radius 3 is 2.88 bits per heavy atom. The summed E-state index contributed by atoms with van der Waals surface area (Å²) in [5, 5.41) is 10.5. The van der Waals surface area contributed by atoms with Gasteiger partial charge >= 0.3 is 0 Å². The number of phenols is 1. The summed E-state index contributed by atoms with van der Waals surface area (Å²) < 4.78 is 11.0. The highest BCUT2D eigenvalue weighted by Crippen LogP contribution is 2.39. The number of aromatic hydroxyl groups is 1. The number of hydrogen-bond donors (Lipinski definition) is 1. The van der Waals surface area contributed by atoms with E-state index in [-0.39, 0.29) is 5.75 Å². The second-order valence-corrected chi connectivity index (χ2v) is 7.37. The second-order valence-electron chi connectivity index (χ2n) is 6.08. The van der Waals surface area contributed by atoms with Crippen LogP contribution >= 0.6 is 11.3 Å². The van der Waals surface area contributed by atoms with Crippen LogP contribution in [-0.2, 0) is 6.54 Å². The molecule has 0 aliphatic carbocycles. The Balaban J connectivity index is 1.71. The standard InChI is InChI=1S/C19H19N3O3S/c1-12-3-4-16(26-12)13-7-14-10-22(5-6-25-19(14)15(23)8-13)17-9-18(24-2)21-11-20-17/h3-4,7-9,11,23H,5-6,10H2,1-2H3. The van der Waals surface area contributed by atoms with E-state index < -0.39 is 0 Å². The lowest BCUT2D eigenvalue weighted by molar-refractivity contribution is 0.311. The van der Waals surface area contributed by atoms with E-state index in [2.05, 4.69) is 40.0 Å². The first-order valence-corrected chi connectivity index (χ1v) is 9.12. The highest BCUT2D eigenvalue weighted by atomic mass is 32.1. The average Bonchev–Trinajstić information content (AvgIpc) is 2.96. The van der Waals surface area contributed by atoms with E-state index in [0.29, 0.717) is 31.3 Å². The molecule has 0 fully saturated rings. The van der Waals surface area contributed by atoms with E-state index >= 15 is 0 Å². The number of benzene rings is 1. The summed E-state index contributed by atoms with van der Waals surface area (Å²) in [7, 11) is 1.58. The van der Waals surface area contributed by atoms with Crippen molar-refractivity contribution in [2.24, 2.45) is 0 Å². The van der Waals surface area contributed by atoms with Crippen LogP contribution in [0.25, 0.3) is 10.4 Å². The Labute approximate surface area is 155 Å². The summed E-state index contributed by atoms with van der Waals surface area (Å²) in [5.74, 6) is 2.01. The maximum absolute atomic E-state index is 10.5. The molecule has 4 rings (SSSR count). The molecule has 1 aliphatic rings. The van der Waals surface area contributed by atoms with Crippen LogP contribution in [0, 0.1) is 6.92 Å². The number of fused-ring (bicyclic) bond motifs is 1. The molecule has 0 spiro atoms. The first-order valence-electron chi connectivity index (χ1n) is 8.30. The SMILES string of the molecule is COc1cc(N2CCOc3c(O)cc(-c4ccc(C)s4)cc3C2)ncn1. The van der Waals surface area contributed by atoms with Crippen LogP contribution in [0.2, 0.25) is 0 Å². The summed E-state index contributed by atoms with van der Waals surface area (Å²) in [6.45, 7) is 3.78. The van der Waals surface area contributed by atoms with Crippen LogP contribution in [-0.4, -0.2) is 35.3 Å². The molecular formula is C19H19N3O3S. The largest absolute Gasteiger partial charge is 0.504 e. The maximum atomic E-state index is 10.5. The fourth-order valence-electron chi connectivity index (χ4n) is 3.04. The molecule has 134 valence electrons. The third-order valence-electron chi connectivity index (χ3n) is 4.30. The Morgan fingerprint density at radius 1 is 1.23 bits per heavy atom. The zero-order valence-corrected chi connectivity index (χ0v) is 15.4. The molecular weight excluding hydrogens is 350 g/mol. The van der Waals surface area contributed by atoms with Crippen molar-refractivity contribution in [2.75, 3.05) is 25.2 Å². The summed E-state index contributed by atoms with van der Waals surface area (Å²) >= 11 is 1.70. The van der Waals surface area contributed by atoms with Gasteiger partial charge in [-0.3, -0.25) is 0 Å². The van der Waals surface area contributed by atoms with E-state index in [1.807, 2.05) is 0 Å². The summed E-state index contributed by atoms with van der Waals surface area (Å²) in [6, 6.07) is 9.81. The number of aromatic nitrogens is 2. The number of nitrogens with zero attached hydrogens (tertiary/aromatic N) is 3. The predicted molar refractivity (Wildman–Crippen MR) is 101 cm³/mol. The molecule has 0 saturated heterocycles. The van der Waals surface area contributed by atoms with Crippen LogP contribution < -0.4 is 14.4 Å². The lowest BCUT2D eigenvalue weighted by Gasteiger charge is -2.21. The number of methoxy groups -OCH3 is 1. The van der Waals surface area contributed by atoms with E-state index in [0.717, 1.165) is 21.8 Å². The van der Waals surface area contributed by atoms with Gasteiger partial charge in [-0.05, 0) is 36.8 Å². The smallest absolute Gasteiger partial charge is 0.218 e. The third kappa shape index (κ3) is 3.17. The molecule has 0 unspecified atom stereocenters. The van der Waals surface area contributed by atoms with Crippen molar-refractivity contribution in [1.82, 2.24) is 9.97 Å². The molecule has 0 atom stereocenters. The number of anilines is 1. The monoisotopic (exact) mass is 369 g/mol. The van der Waals surface area contributed by atoms with Gasteiger partial charge in [0.05, 0.1) is 13.7 Å². The lowest BCUT2D eigenvalue weighted by Crippen LogP contribution is -2.26. The molecule has 1 aliphatic heterocycles. The van der Waals surface area contributed by atoms with Gasteiger partial charge in [0.2, 0.25) is 5.88 Å². The number of hydrogen-bond acceptors (Lipinski definition) is 7. The molecule has 0 bridgehead atoms. The molecule has 0 amide bonds. The maximum Gasteiger partial charge on any atom is 0.218 e. The van der Waals surface area contributed by atoms with E-state index in [4.69, 9.17) is 9.47 Å². The van der Waals surface area contributed by atoms with E-state index in [1.165, 1.54) is 11.2 Å². The van der Waals surface area contributed by atoms with Crippen molar-refractivity contribution in [3.63, 3.8) is 0 Å². The van der Waals surface area contributed by atoms with Crippen LogP contribution in [0.5, 0.6) is 17.4 Å². The minimum Gasteiger partial charge on any atom is -0.504 e. The molecule has 1 N–H and O–H groups in total. The van der Waals surface area contributed by atoms with Crippen molar-refractivity contribution in [1.29, 1.82) is 0 Å². The number of rotatable bonds is 3. The predicted octanol–water partition coefficient (Wildman–Crippen LogP) is 3.63. The molecule has 7 heteroatoms. The van der Waals surface area contributed by atoms with Crippen LogP contribution in [0.1, 0.15) is 10.4 Å². The molecule has 0 saturated carbocycles. The lowest BCUT2D eigenvalue weighted by atomic mass is 10.1. The van der Waals surface area contributed by atoms with Gasteiger partial charge in [0, 0.05) is 27.9 Å². The van der Waals surface area contributed by atoms with Crippen molar-refractivity contribution >= 4 is 17.2 Å².